The van der Waals surface area contributed by atoms with E-state index < -0.39 is 5.97 Å². The number of carbonyl (C=O) groups is 2. The van der Waals surface area contributed by atoms with Crippen LogP contribution >= 0.6 is 23.2 Å². The van der Waals surface area contributed by atoms with Gasteiger partial charge in [-0.2, -0.15) is 5.26 Å². The standard InChI is InChI=1S/C21H16Cl2N4O4/c1-11(28)26-13-3-5-15(6-4-13)31-20-16(22)7-14(8-17(20)23)27-10-12(9-24)18(25)19(27)21(29)30-2/h3-8,10H,25H2,1-2H3,(H,26,28). The molecule has 10 heteroatoms. The lowest BCUT2D eigenvalue weighted by molar-refractivity contribution is -0.114. The summed E-state index contributed by atoms with van der Waals surface area (Å²) in [5.41, 5.74) is 6.99. The van der Waals surface area contributed by atoms with Gasteiger partial charge in [0.2, 0.25) is 5.91 Å². The Bertz CT molecular complexity index is 1190. The van der Waals surface area contributed by atoms with E-state index in [0.29, 0.717) is 17.1 Å². The molecule has 0 radical (unpaired) electrons. The van der Waals surface area contributed by atoms with Gasteiger partial charge in [-0.3, -0.25) is 4.79 Å². The van der Waals surface area contributed by atoms with Crippen LogP contribution in [0.4, 0.5) is 11.4 Å². The molecule has 0 aliphatic heterocycles. The van der Waals surface area contributed by atoms with E-state index in [1.807, 2.05) is 6.07 Å². The molecule has 3 N–H and O–H groups in total. The van der Waals surface area contributed by atoms with Crippen molar-refractivity contribution >= 4 is 46.5 Å². The van der Waals surface area contributed by atoms with E-state index >= 15 is 0 Å². The molecule has 0 bridgehead atoms. The van der Waals surface area contributed by atoms with Crippen molar-refractivity contribution in [2.24, 2.45) is 0 Å². The van der Waals surface area contributed by atoms with Gasteiger partial charge < -0.3 is 25.1 Å². The zero-order valence-corrected chi connectivity index (χ0v) is 17.9. The second-order valence-corrected chi connectivity index (χ2v) is 7.14. The Morgan fingerprint density at radius 2 is 1.77 bits per heavy atom. The number of halogens is 2. The molecule has 0 atom stereocenters. The number of nitrogen functional groups attached to an aromatic ring is 1. The summed E-state index contributed by atoms with van der Waals surface area (Å²) in [6.45, 7) is 1.41. The quantitative estimate of drug-likeness (QED) is 0.531. The van der Waals surface area contributed by atoms with Gasteiger partial charge in [0, 0.05) is 24.5 Å². The predicted molar refractivity (Wildman–Crippen MR) is 117 cm³/mol. The third kappa shape index (κ3) is 4.58. The van der Waals surface area contributed by atoms with Crippen LogP contribution < -0.4 is 15.8 Å². The Kier molecular flexibility index (Phi) is 6.39. The Morgan fingerprint density at radius 1 is 1.16 bits per heavy atom. The molecule has 0 spiro atoms. The molecule has 0 aliphatic rings. The number of benzene rings is 2. The highest BCUT2D eigenvalue weighted by Crippen LogP contribution is 2.39. The maximum Gasteiger partial charge on any atom is 0.357 e. The highest BCUT2D eigenvalue weighted by atomic mass is 35.5. The van der Waals surface area contributed by atoms with Crippen LogP contribution in [0.2, 0.25) is 10.0 Å². The number of carbonyl (C=O) groups excluding carboxylic acids is 2. The third-order valence-corrected chi connectivity index (χ3v) is 4.76. The number of ether oxygens (including phenoxy) is 2. The lowest BCUT2D eigenvalue weighted by Crippen LogP contribution is -2.11. The number of hydrogen-bond acceptors (Lipinski definition) is 6. The van der Waals surface area contributed by atoms with Crippen molar-refractivity contribution in [3.05, 3.63) is 63.9 Å². The molecule has 0 aliphatic carbocycles. The summed E-state index contributed by atoms with van der Waals surface area (Å²) in [6.07, 6.45) is 1.39. The van der Waals surface area contributed by atoms with Gasteiger partial charge in [0.05, 0.1) is 28.4 Å². The van der Waals surface area contributed by atoms with Crippen molar-refractivity contribution in [2.75, 3.05) is 18.2 Å². The van der Waals surface area contributed by atoms with Gasteiger partial charge in [0.1, 0.15) is 11.8 Å². The number of nitrogens with zero attached hydrogens (tertiary/aromatic N) is 2. The summed E-state index contributed by atoms with van der Waals surface area (Å²) in [7, 11) is 1.21. The van der Waals surface area contributed by atoms with E-state index in [1.54, 1.807) is 24.3 Å². The molecular weight excluding hydrogens is 443 g/mol. The monoisotopic (exact) mass is 458 g/mol. The molecule has 1 amide bonds. The molecular formula is C21H16Cl2N4O4. The normalized spacial score (nSPS) is 10.3. The lowest BCUT2D eigenvalue weighted by Gasteiger charge is -2.14. The molecule has 0 saturated heterocycles. The van der Waals surface area contributed by atoms with Crippen molar-refractivity contribution in [1.82, 2.24) is 4.57 Å². The largest absolute Gasteiger partial charge is 0.464 e. The summed E-state index contributed by atoms with van der Waals surface area (Å²) in [4.78, 5) is 23.3. The van der Waals surface area contributed by atoms with E-state index in [2.05, 4.69) is 5.32 Å². The third-order valence-electron chi connectivity index (χ3n) is 4.20. The Balaban J connectivity index is 1.97. The fraction of sp³-hybridized carbons (Fsp3) is 0.0952. The van der Waals surface area contributed by atoms with Crippen LogP contribution in [0.1, 0.15) is 23.0 Å². The first-order chi connectivity index (χ1) is 14.7. The Morgan fingerprint density at radius 3 is 2.29 bits per heavy atom. The smallest absolute Gasteiger partial charge is 0.357 e. The van der Waals surface area contributed by atoms with Crippen LogP contribution in [0.5, 0.6) is 11.5 Å². The number of nitriles is 1. The maximum absolute atomic E-state index is 12.2. The van der Waals surface area contributed by atoms with Gasteiger partial charge in [0.15, 0.2) is 11.4 Å². The van der Waals surface area contributed by atoms with E-state index in [9.17, 15) is 14.9 Å². The molecule has 1 aromatic heterocycles. The Labute approximate surface area is 187 Å². The Hall–Kier alpha value is -3.67. The SMILES string of the molecule is COC(=O)c1c(N)c(C#N)cn1-c1cc(Cl)c(Oc2ccc(NC(C)=O)cc2)c(Cl)c1. The predicted octanol–water partition coefficient (Wildman–Crippen LogP) is 4.78. The molecule has 158 valence electrons. The van der Waals surface area contributed by atoms with Gasteiger partial charge in [-0.25, -0.2) is 4.79 Å². The van der Waals surface area contributed by atoms with Gasteiger partial charge in [-0.1, -0.05) is 23.2 Å². The molecule has 8 nitrogen and oxygen atoms in total. The molecule has 0 saturated carbocycles. The van der Waals surface area contributed by atoms with Crippen molar-refractivity contribution in [3.8, 4) is 23.3 Å². The number of esters is 1. The highest BCUT2D eigenvalue weighted by molar-refractivity contribution is 6.37. The summed E-state index contributed by atoms with van der Waals surface area (Å²) in [5.74, 6) is -0.268. The molecule has 2 aromatic carbocycles. The summed E-state index contributed by atoms with van der Waals surface area (Å²) >= 11 is 12.8. The number of nitrogens with one attached hydrogen (secondary N) is 1. The van der Waals surface area contributed by atoms with Gasteiger partial charge >= 0.3 is 5.97 Å². The fourth-order valence-corrected chi connectivity index (χ4v) is 3.38. The zero-order chi connectivity index (χ0) is 22.7. The number of methoxy groups -OCH3 is 1. The number of aromatic nitrogens is 1. The van der Waals surface area contributed by atoms with Crippen LogP contribution in [0, 0.1) is 11.3 Å². The minimum absolute atomic E-state index is 0.0128. The minimum atomic E-state index is -0.717. The summed E-state index contributed by atoms with van der Waals surface area (Å²) in [6, 6.07) is 11.6. The van der Waals surface area contributed by atoms with Gasteiger partial charge in [-0.15, -0.1) is 0 Å². The number of anilines is 2. The van der Waals surface area contributed by atoms with Gasteiger partial charge in [-0.05, 0) is 36.4 Å². The van der Waals surface area contributed by atoms with Crippen LogP contribution in [0.3, 0.4) is 0 Å². The van der Waals surface area contributed by atoms with Gasteiger partial charge in [0.25, 0.3) is 0 Å². The second-order valence-electron chi connectivity index (χ2n) is 6.32. The molecule has 3 rings (SSSR count). The molecule has 3 aromatic rings. The topological polar surface area (TPSA) is 119 Å². The van der Waals surface area contributed by atoms with E-state index in [0.717, 1.165) is 0 Å². The first-order valence-corrected chi connectivity index (χ1v) is 9.55. The van der Waals surface area contributed by atoms with E-state index in [4.69, 9.17) is 38.4 Å². The van der Waals surface area contributed by atoms with Crippen LogP contribution in [-0.2, 0) is 9.53 Å². The van der Waals surface area contributed by atoms with Crippen molar-refractivity contribution in [3.63, 3.8) is 0 Å². The van der Waals surface area contributed by atoms with Crippen molar-refractivity contribution in [1.29, 1.82) is 5.26 Å². The average Bonchev–Trinajstić information content (AvgIpc) is 3.07. The molecule has 0 unspecified atom stereocenters. The molecule has 1 heterocycles. The van der Waals surface area contributed by atoms with Crippen LogP contribution in [0.15, 0.2) is 42.6 Å². The van der Waals surface area contributed by atoms with Crippen LogP contribution in [-0.4, -0.2) is 23.6 Å². The first kappa shape index (κ1) is 22.0. The number of hydrogen-bond donors (Lipinski definition) is 2. The fourth-order valence-electron chi connectivity index (χ4n) is 2.83. The minimum Gasteiger partial charge on any atom is -0.464 e. The molecule has 0 fully saturated rings. The summed E-state index contributed by atoms with van der Waals surface area (Å²) < 4.78 is 11.9. The second kappa shape index (κ2) is 9.00. The van der Waals surface area contributed by atoms with E-state index in [-0.39, 0.29) is 38.6 Å². The average molecular weight is 459 g/mol. The van der Waals surface area contributed by atoms with Crippen molar-refractivity contribution < 1.29 is 19.1 Å². The summed E-state index contributed by atoms with van der Waals surface area (Å²) in [5, 5.41) is 12.2. The lowest BCUT2D eigenvalue weighted by atomic mass is 10.2. The van der Waals surface area contributed by atoms with Crippen LogP contribution in [0.25, 0.3) is 5.69 Å². The highest BCUT2D eigenvalue weighted by Gasteiger charge is 2.23. The maximum atomic E-state index is 12.2. The van der Waals surface area contributed by atoms with E-state index in [1.165, 1.54) is 36.9 Å². The first-order valence-electron chi connectivity index (χ1n) is 8.79. The molecule has 31 heavy (non-hydrogen) atoms. The zero-order valence-electron chi connectivity index (χ0n) is 16.4. The van der Waals surface area contributed by atoms with Crippen molar-refractivity contribution in [2.45, 2.75) is 6.92 Å². The number of nitrogens with two attached hydrogens (primary N) is 1. The number of rotatable bonds is 5. The number of amides is 1.